The van der Waals surface area contributed by atoms with Crippen molar-refractivity contribution in [3.05, 3.63) is 78.4 Å². The van der Waals surface area contributed by atoms with Gasteiger partial charge in [0.1, 0.15) is 23.9 Å². The van der Waals surface area contributed by atoms with Crippen molar-refractivity contribution in [2.45, 2.75) is 23.8 Å². The summed E-state index contributed by atoms with van der Waals surface area (Å²) in [6, 6.07) is 19.4. The van der Waals surface area contributed by atoms with E-state index < -0.39 is 33.9 Å². The van der Waals surface area contributed by atoms with Crippen LogP contribution in [0, 0.1) is 11.3 Å². The largest absolute Gasteiger partial charge is 0.497 e. The van der Waals surface area contributed by atoms with Crippen LogP contribution in [0.2, 0.25) is 0 Å². The predicted octanol–water partition coefficient (Wildman–Crippen LogP) is 3.62. The van der Waals surface area contributed by atoms with E-state index in [1.54, 1.807) is 24.3 Å². The first-order chi connectivity index (χ1) is 18.6. The molecular formula is C28H30ClN3O7S. The summed E-state index contributed by atoms with van der Waals surface area (Å²) in [4.78, 5) is 25.1. The molecule has 1 fully saturated rings. The maximum absolute atomic E-state index is 13.5. The average molecular weight is 588 g/mol. The van der Waals surface area contributed by atoms with Crippen LogP contribution < -0.4 is 15.2 Å². The number of ether oxygens (including phenoxy) is 3. The second-order valence-corrected chi connectivity index (χ2v) is 10.8. The summed E-state index contributed by atoms with van der Waals surface area (Å²) in [5.74, 6) is -1.15. The number of nitrogen functional groups attached to an aromatic ring is 1. The molecule has 0 unspecified atom stereocenters. The highest BCUT2D eigenvalue weighted by atomic mass is 35.5. The van der Waals surface area contributed by atoms with E-state index in [9.17, 15) is 18.0 Å². The summed E-state index contributed by atoms with van der Waals surface area (Å²) in [5.41, 5.74) is 7.98. The Bertz CT molecular complexity index is 1460. The van der Waals surface area contributed by atoms with Gasteiger partial charge >= 0.3 is 5.97 Å². The Labute approximate surface area is 239 Å². The predicted molar refractivity (Wildman–Crippen MR) is 151 cm³/mol. The Hall–Kier alpha value is -4.09. The van der Waals surface area contributed by atoms with E-state index in [0.717, 1.165) is 15.4 Å². The minimum Gasteiger partial charge on any atom is -0.497 e. The molecule has 0 saturated carbocycles. The molecule has 1 saturated heterocycles. The topological polar surface area (TPSA) is 149 Å². The molecule has 3 aromatic carbocycles. The van der Waals surface area contributed by atoms with Gasteiger partial charge < -0.3 is 19.9 Å². The summed E-state index contributed by atoms with van der Waals surface area (Å²) >= 11 is 0. The number of hydrogen-bond acceptors (Lipinski definition) is 8. The third kappa shape index (κ3) is 6.54. The van der Waals surface area contributed by atoms with Crippen LogP contribution in [-0.4, -0.2) is 57.3 Å². The zero-order valence-electron chi connectivity index (χ0n) is 21.9. The third-order valence-electron chi connectivity index (χ3n) is 6.54. The van der Waals surface area contributed by atoms with Crippen molar-refractivity contribution < 1.29 is 32.2 Å². The van der Waals surface area contributed by atoms with E-state index in [1.807, 2.05) is 24.3 Å². The highest BCUT2D eigenvalue weighted by Gasteiger charge is 2.47. The monoisotopic (exact) mass is 587 g/mol. The Balaban J connectivity index is 0.00000441. The maximum atomic E-state index is 13.5. The molecule has 0 aromatic heterocycles. The number of nitrogens with two attached hydrogens (primary N) is 1. The molecule has 212 valence electrons. The molecule has 1 amide bonds. The van der Waals surface area contributed by atoms with Crippen LogP contribution in [0.3, 0.4) is 0 Å². The van der Waals surface area contributed by atoms with Gasteiger partial charge in [0.05, 0.1) is 37.5 Å². The molecule has 0 radical (unpaired) electrons. The van der Waals surface area contributed by atoms with Crippen molar-refractivity contribution in [2.75, 3.05) is 20.8 Å². The maximum Gasteiger partial charge on any atom is 0.306 e. The quantitative estimate of drug-likeness (QED) is 0.207. The SMILES string of the molecule is COC(=O)C[C@@H]1C[C@@H](COc2ccc(-c3ccc(C(=N)N)cc3)cc2)N(S(=O)(=O)c2ccc(OC)cc2)C1=O.Cl. The van der Waals surface area contributed by atoms with Crippen LogP contribution in [0.15, 0.2) is 77.7 Å². The van der Waals surface area contributed by atoms with Gasteiger partial charge in [0.2, 0.25) is 5.91 Å². The number of nitrogens with zero attached hydrogens (tertiary/aromatic N) is 1. The molecule has 1 aliphatic heterocycles. The Morgan fingerprint density at radius 3 is 2.02 bits per heavy atom. The van der Waals surface area contributed by atoms with Crippen molar-refractivity contribution in [2.24, 2.45) is 11.7 Å². The molecule has 0 bridgehead atoms. The first-order valence-corrected chi connectivity index (χ1v) is 13.5. The number of nitrogens with one attached hydrogen (secondary N) is 1. The number of halogens is 1. The zero-order valence-corrected chi connectivity index (χ0v) is 23.5. The van der Waals surface area contributed by atoms with Crippen LogP contribution in [0.25, 0.3) is 11.1 Å². The summed E-state index contributed by atoms with van der Waals surface area (Å²) in [7, 11) is -1.54. The van der Waals surface area contributed by atoms with Gasteiger partial charge in [-0.05, 0) is 53.9 Å². The molecule has 2 atom stereocenters. The standard InChI is InChI=1S/C28H29N3O7S.ClH/c1-36-23-11-13-25(14-12-23)39(34,35)31-22(15-21(28(31)33)16-26(32)37-2)17-38-24-9-7-19(8-10-24)18-3-5-20(6-4-18)27(29)30;/h3-14,21-22H,15-17H2,1-2H3,(H3,29,30);1H/t21-,22-;/m0./s1. The second kappa shape index (κ2) is 12.8. The fraction of sp³-hybridized carbons (Fsp3) is 0.250. The normalized spacial score (nSPS) is 16.6. The number of amides is 1. The summed E-state index contributed by atoms with van der Waals surface area (Å²) in [6.45, 7) is -0.0918. The summed E-state index contributed by atoms with van der Waals surface area (Å²) in [5, 5.41) is 7.51. The molecule has 3 aromatic rings. The van der Waals surface area contributed by atoms with E-state index >= 15 is 0 Å². The van der Waals surface area contributed by atoms with E-state index in [-0.39, 0.29) is 42.6 Å². The molecule has 0 aliphatic carbocycles. The van der Waals surface area contributed by atoms with Gasteiger partial charge in [-0.2, -0.15) is 0 Å². The van der Waals surface area contributed by atoms with E-state index in [4.69, 9.17) is 25.4 Å². The van der Waals surface area contributed by atoms with Gasteiger partial charge in [0.25, 0.3) is 10.0 Å². The molecule has 40 heavy (non-hydrogen) atoms. The summed E-state index contributed by atoms with van der Waals surface area (Å²) < 4.78 is 43.6. The van der Waals surface area contributed by atoms with Crippen LogP contribution in [0.4, 0.5) is 0 Å². The average Bonchev–Trinajstić information content (AvgIpc) is 3.27. The fourth-order valence-electron chi connectivity index (χ4n) is 4.43. The van der Waals surface area contributed by atoms with E-state index in [0.29, 0.717) is 17.1 Å². The number of esters is 1. The van der Waals surface area contributed by atoms with E-state index in [2.05, 4.69) is 0 Å². The van der Waals surface area contributed by atoms with Crippen LogP contribution in [0.1, 0.15) is 18.4 Å². The molecule has 0 spiro atoms. The van der Waals surface area contributed by atoms with Gasteiger partial charge in [-0.25, -0.2) is 12.7 Å². The van der Waals surface area contributed by atoms with Crippen LogP contribution in [0.5, 0.6) is 11.5 Å². The van der Waals surface area contributed by atoms with Crippen molar-refractivity contribution in [3.8, 4) is 22.6 Å². The first-order valence-electron chi connectivity index (χ1n) is 12.1. The lowest BCUT2D eigenvalue weighted by molar-refractivity contribution is -0.144. The van der Waals surface area contributed by atoms with Gasteiger partial charge in [-0.3, -0.25) is 15.0 Å². The smallest absolute Gasteiger partial charge is 0.306 e. The number of methoxy groups -OCH3 is 2. The summed E-state index contributed by atoms with van der Waals surface area (Å²) in [6.07, 6.45) is -0.110. The Kier molecular flexibility index (Phi) is 9.78. The lowest BCUT2D eigenvalue weighted by atomic mass is 10.0. The molecule has 4 rings (SSSR count). The number of rotatable bonds is 10. The fourth-order valence-corrected chi connectivity index (χ4v) is 6.06. The second-order valence-electron chi connectivity index (χ2n) is 9.01. The number of carbonyl (C=O) groups excluding carboxylic acids is 2. The third-order valence-corrected chi connectivity index (χ3v) is 8.40. The molecule has 10 nitrogen and oxygen atoms in total. The van der Waals surface area contributed by atoms with Crippen molar-refractivity contribution in [1.29, 1.82) is 5.41 Å². The highest BCUT2D eigenvalue weighted by molar-refractivity contribution is 7.89. The number of carbonyl (C=O) groups is 2. The van der Waals surface area contributed by atoms with Gasteiger partial charge in [-0.1, -0.05) is 36.4 Å². The Morgan fingerprint density at radius 1 is 0.950 bits per heavy atom. The van der Waals surface area contributed by atoms with Crippen molar-refractivity contribution >= 4 is 40.1 Å². The van der Waals surface area contributed by atoms with Gasteiger partial charge in [0, 0.05) is 5.56 Å². The molecule has 3 N–H and O–H groups in total. The number of hydrogen-bond donors (Lipinski definition) is 2. The van der Waals surface area contributed by atoms with Gasteiger partial charge in [-0.15, -0.1) is 12.4 Å². The molecule has 12 heteroatoms. The van der Waals surface area contributed by atoms with Gasteiger partial charge in [0.15, 0.2) is 0 Å². The Morgan fingerprint density at radius 2 is 1.50 bits per heavy atom. The van der Waals surface area contributed by atoms with Crippen LogP contribution in [-0.2, 0) is 24.3 Å². The minimum absolute atomic E-state index is 0. The van der Waals surface area contributed by atoms with E-state index in [1.165, 1.54) is 38.5 Å². The molecular weight excluding hydrogens is 558 g/mol. The first kappa shape index (κ1) is 30.5. The molecule has 1 heterocycles. The van der Waals surface area contributed by atoms with Crippen LogP contribution >= 0.6 is 12.4 Å². The van der Waals surface area contributed by atoms with Crippen molar-refractivity contribution in [3.63, 3.8) is 0 Å². The number of sulfonamides is 1. The number of amidine groups is 1. The minimum atomic E-state index is -4.22. The van der Waals surface area contributed by atoms with Crippen molar-refractivity contribution in [1.82, 2.24) is 4.31 Å². The zero-order chi connectivity index (χ0) is 28.2. The lowest BCUT2D eigenvalue weighted by Crippen LogP contribution is -2.42. The highest BCUT2D eigenvalue weighted by Crippen LogP contribution is 2.34. The molecule has 1 aliphatic rings. The number of benzene rings is 3. The lowest BCUT2D eigenvalue weighted by Gasteiger charge is -2.24.